The predicted molar refractivity (Wildman–Crippen MR) is 54.6 cm³/mol. The van der Waals surface area contributed by atoms with E-state index >= 15 is 0 Å². The van der Waals surface area contributed by atoms with Crippen LogP contribution >= 0.6 is 0 Å². The van der Waals surface area contributed by atoms with E-state index in [1.54, 1.807) is 0 Å². The number of ether oxygens (including phenoxy) is 3. The summed E-state index contributed by atoms with van der Waals surface area (Å²) in [5.41, 5.74) is 0. The van der Waals surface area contributed by atoms with E-state index in [2.05, 4.69) is 14.2 Å². The van der Waals surface area contributed by atoms with E-state index in [4.69, 9.17) is 13.0 Å². The summed E-state index contributed by atoms with van der Waals surface area (Å²) in [6, 6.07) is 0. The van der Waals surface area contributed by atoms with Gasteiger partial charge in [-0.25, -0.2) is 17.6 Å². The van der Waals surface area contributed by atoms with Crippen LogP contribution in [0.4, 0.5) is 13.1 Å². The Morgan fingerprint density at radius 3 is 2.06 bits per heavy atom. The van der Waals surface area contributed by atoms with Gasteiger partial charge in [-0.2, -0.15) is 0 Å². The molecule has 17 heavy (non-hydrogen) atoms. The highest BCUT2D eigenvalue weighted by Crippen LogP contribution is 1.83. The van der Waals surface area contributed by atoms with E-state index in [1.807, 2.05) is 0 Å². The van der Waals surface area contributed by atoms with E-state index in [0.29, 0.717) is 0 Å². The van der Waals surface area contributed by atoms with Crippen LogP contribution in [0.25, 0.3) is 0 Å². The molecule has 0 rings (SSSR count). The molecule has 0 aromatic heterocycles. The van der Waals surface area contributed by atoms with Gasteiger partial charge in [-0.3, -0.25) is 0 Å². The highest BCUT2D eigenvalue weighted by atomic mass is 32.3. The van der Waals surface area contributed by atoms with Gasteiger partial charge in [-0.15, -0.1) is 3.89 Å². The van der Waals surface area contributed by atoms with Crippen molar-refractivity contribution in [1.82, 2.24) is 0 Å². The molecule has 0 aliphatic rings. The maximum Gasteiger partial charge on any atom is 0.510 e. The lowest BCUT2D eigenvalue weighted by Gasteiger charge is -2.01. The summed E-state index contributed by atoms with van der Waals surface area (Å²) < 4.78 is 59.4. The summed E-state index contributed by atoms with van der Waals surface area (Å²) in [5.74, 6) is 0. The minimum atomic E-state index is -5.42. The zero-order valence-electron chi connectivity index (χ0n) is 7.64. The van der Waals surface area contributed by atoms with Crippen molar-refractivity contribution in [2.24, 2.45) is 0 Å². The van der Waals surface area contributed by atoms with Crippen molar-refractivity contribution in [3.8, 4) is 0 Å². The third kappa shape index (κ3) is 51.7. The van der Waals surface area contributed by atoms with Crippen molar-refractivity contribution >= 4 is 16.7 Å². The van der Waals surface area contributed by atoms with Crippen LogP contribution in [-0.2, 0) is 24.7 Å². The van der Waals surface area contributed by atoms with Crippen LogP contribution < -0.4 is 0 Å². The van der Waals surface area contributed by atoms with Crippen LogP contribution in [0, 0.1) is 0 Å². The first kappa shape index (κ1) is 25.0. The summed E-state index contributed by atoms with van der Waals surface area (Å²) >= 11 is 0. The molecule has 0 fully saturated rings. The van der Waals surface area contributed by atoms with Crippen LogP contribution in [0.15, 0.2) is 0 Å². The average molecular weight is 283 g/mol. The Morgan fingerprint density at radius 1 is 1.35 bits per heavy atom. The van der Waals surface area contributed by atoms with E-state index in [1.165, 1.54) is 7.11 Å². The number of halogens is 2. The maximum absolute atomic E-state index is 11.3. The van der Waals surface area contributed by atoms with Gasteiger partial charge >= 0.3 is 6.16 Å². The van der Waals surface area contributed by atoms with Crippen LogP contribution in [0.1, 0.15) is 14.9 Å². The molecule has 0 N–H and O–H groups in total. The lowest BCUT2D eigenvalue weighted by molar-refractivity contribution is -0.0422. The highest BCUT2D eigenvalue weighted by Gasteiger charge is 1.97. The summed E-state index contributed by atoms with van der Waals surface area (Å²) in [6.07, 6.45) is -0.834. The SMILES string of the molecule is C.C.COC(=O)OCOCCF.O=S(=O)([O-])F. The van der Waals surface area contributed by atoms with Gasteiger partial charge in [0.2, 0.25) is 0 Å². The third-order valence-corrected chi connectivity index (χ3v) is 0.648. The number of carbonyl (C=O) groups excluding carboxylic acids is 1. The average Bonchev–Trinajstić information content (AvgIpc) is 2.09. The Morgan fingerprint density at radius 2 is 1.76 bits per heavy atom. The van der Waals surface area contributed by atoms with Crippen molar-refractivity contribution in [3.63, 3.8) is 0 Å². The van der Waals surface area contributed by atoms with Crippen LogP contribution in [-0.4, -0.2) is 46.3 Å². The molecule has 0 saturated heterocycles. The van der Waals surface area contributed by atoms with Gasteiger partial charge in [0.15, 0.2) is 6.79 Å². The smallest absolute Gasteiger partial charge is 0.510 e. The molecule has 0 aliphatic heterocycles. The largest absolute Gasteiger partial charge is 0.722 e. The maximum atomic E-state index is 11.3. The lowest BCUT2D eigenvalue weighted by Crippen LogP contribution is -2.09. The van der Waals surface area contributed by atoms with Crippen molar-refractivity contribution in [2.75, 3.05) is 27.2 Å². The van der Waals surface area contributed by atoms with E-state index < -0.39 is 23.3 Å². The normalized spacial score (nSPS) is 8.71. The lowest BCUT2D eigenvalue weighted by atomic mass is 10.8. The Balaban J connectivity index is -0.000000105. The number of hydrogen-bond acceptors (Lipinski definition) is 7. The van der Waals surface area contributed by atoms with Gasteiger partial charge < -0.3 is 18.8 Å². The van der Waals surface area contributed by atoms with Gasteiger partial charge in [0.25, 0.3) is 10.5 Å². The molecule has 10 heteroatoms. The molecule has 0 radical (unpaired) electrons. The van der Waals surface area contributed by atoms with Gasteiger partial charge in [-0.05, 0) is 0 Å². The molecule has 0 spiro atoms. The number of methoxy groups -OCH3 is 1. The molecule has 0 heterocycles. The summed E-state index contributed by atoms with van der Waals surface area (Å²) in [7, 11) is -4.24. The van der Waals surface area contributed by atoms with Gasteiger partial charge in [0.1, 0.15) is 6.67 Å². The highest BCUT2D eigenvalue weighted by molar-refractivity contribution is 7.80. The van der Waals surface area contributed by atoms with Crippen molar-refractivity contribution in [2.45, 2.75) is 14.9 Å². The predicted octanol–water partition coefficient (Wildman–Crippen LogP) is 1.40. The van der Waals surface area contributed by atoms with Gasteiger partial charge in [0, 0.05) is 0 Å². The summed E-state index contributed by atoms with van der Waals surface area (Å²) in [6.45, 7) is -0.932. The number of hydrogen-bond donors (Lipinski definition) is 0. The number of alkyl halides is 1. The molecule has 0 amide bonds. The molecule has 0 aliphatic carbocycles. The van der Waals surface area contributed by atoms with Crippen molar-refractivity contribution < 1.29 is 40.3 Å². The van der Waals surface area contributed by atoms with Crippen LogP contribution in [0.3, 0.4) is 0 Å². The Bertz CT molecular complexity index is 247. The molecule has 108 valence electrons. The standard InChI is InChI=1S/C5H9FO4.2CH4.FHO3S/c1-8-5(7)10-4-9-3-2-6;;;1-5(2,3)4/h2-4H2,1H3;2*1H4;(H,2,3,4)/p-1. The van der Waals surface area contributed by atoms with Gasteiger partial charge in [-0.1, -0.05) is 14.9 Å². The molecule has 0 aromatic rings. The molecular formula is C7H17F2O7S-. The second kappa shape index (κ2) is 15.0. The molecule has 7 nitrogen and oxygen atoms in total. The zero-order chi connectivity index (χ0) is 12.3. The minimum Gasteiger partial charge on any atom is -0.722 e. The quantitative estimate of drug-likeness (QED) is 0.252. The molecule has 0 bridgehead atoms. The number of carbonyl (C=O) groups is 1. The first-order valence-corrected chi connectivity index (χ1v) is 4.62. The van der Waals surface area contributed by atoms with E-state index in [-0.39, 0.29) is 28.3 Å². The van der Waals surface area contributed by atoms with E-state index in [9.17, 15) is 13.1 Å². The molecule has 0 atom stereocenters. The molecule has 0 unspecified atom stereocenters. The summed E-state index contributed by atoms with van der Waals surface area (Å²) in [4.78, 5) is 10.2. The van der Waals surface area contributed by atoms with Crippen molar-refractivity contribution in [3.05, 3.63) is 0 Å². The molecule has 0 saturated carbocycles. The van der Waals surface area contributed by atoms with Crippen molar-refractivity contribution in [1.29, 1.82) is 0 Å². The van der Waals surface area contributed by atoms with Crippen LogP contribution in [0.2, 0.25) is 0 Å². The van der Waals surface area contributed by atoms with E-state index in [0.717, 1.165) is 0 Å². The second-order valence-electron chi connectivity index (χ2n) is 1.71. The Hall–Kier alpha value is -1.00. The first-order valence-electron chi connectivity index (χ1n) is 3.31. The summed E-state index contributed by atoms with van der Waals surface area (Å²) in [5, 5.41) is 0. The van der Waals surface area contributed by atoms with Gasteiger partial charge in [0.05, 0.1) is 13.7 Å². The fourth-order valence-electron chi connectivity index (χ4n) is 0.262. The fraction of sp³-hybridized carbons (Fsp3) is 0.857. The fourth-order valence-corrected chi connectivity index (χ4v) is 0.262. The zero-order valence-corrected chi connectivity index (χ0v) is 8.46. The Kier molecular flexibility index (Phi) is 22.1. The second-order valence-corrected chi connectivity index (χ2v) is 2.49. The third-order valence-electron chi connectivity index (χ3n) is 0.648. The Labute approximate surface area is 99.7 Å². The first-order chi connectivity index (χ1) is 6.81. The molecular weight excluding hydrogens is 266 g/mol. The number of rotatable bonds is 4. The minimum absolute atomic E-state index is 0. The van der Waals surface area contributed by atoms with Crippen LogP contribution in [0.5, 0.6) is 0 Å². The monoisotopic (exact) mass is 283 g/mol. The topological polar surface area (TPSA) is 102 Å². The molecule has 0 aromatic carbocycles.